The molecule has 0 saturated heterocycles. The third-order valence-corrected chi connectivity index (χ3v) is 3.51. The molecule has 2 aromatic rings. The zero-order chi connectivity index (χ0) is 12.4. The highest BCUT2D eigenvalue weighted by Gasteiger charge is 2.11. The van der Waals surface area contributed by atoms with Crippen LogP contribution in [0.4, 0.5) is 0 Å². The number of halogens is 1. The number of nitrogens with zero attached hydrogens (tertiary/aromatic N) is 1. The summed E-state index contributed by atoms with van der Waals surface area (Å²) in [6.07, 6.45) is 0. The minimum absolute atomic E-state index is 0.936. The fourth-order valence-corrected chi connectivity index (χ4v) is 2.42. The fourth-order valence-electron chi connectivity index (χ4n) is 2.16. The van der Waals surface area contributed by atoms with Gasteiger partial charge in [-0.25, -0.2) is 0 Å². The average molecular weight is 291 g/mol. The van der Waals surface area contributed by atoms with E-state index >= 15 is 0 Å². The summed E-state index contributed by atoms with van der Waals surface area (Å²) in [4.78, 5) is 0. The quantitative estimate of drug-likeness (QED) is 0.743. The highest BCUT2D eigenvalue weighted by Crippen LogP contribution is 2.11. The molecular formula is C15H17BrN+. The Morgan fingerprint density at radius 1 is 0.941 bits per heavy atom. The van der Waals surface area contributed by atoms with Gasteiger partial charge in [0.05, 0.1) is 0 Å². The van der Waals surface area contributed by atoms with E-state index in [1.165, 1.54) is 22.5 Å². The maximum atomic E-state index is 3.46. The van der Waals surface area contributed by atoms with Gasteiger partial charge < -0.3 is 0 Å². The van der Waals surface area contributed by atoms with Crippen LogP contribution in [0.2, 0.25) is 0 Å². The zero-order valence-corrected chi connectivity index (χ0v) is 12.1. The highest BCUT2D eigenvalue weighted by molar-refractivity contribution is 9.10. The van der Waals surface area contributed by atoms with Crippen LogP contribution in [0, 0.1) is 20.8 Å². The first-order valence-corrected chi connectivity index (χ1v) is 6.58. The molecule has 2 rings (SSSR count). The standard InChI is InChI=1S/C15H17BrN/c1-11-8-12(2)17(13(3)9-11)10-14-4-6-15(16)7-5-14/h4-9H,10H2,1-3H3/q+1. The maximum absolute atomic E-state index is 3.46. The summed E-state index contributed by atoms with van der Waals surface area (Å²) in [6.45, 7) is 7.41. The zero-order valence-electron chi connectivity index (χ0n) is 10.5. The summed E-state index contributed by atoms with van der Waals surface area (Å²) in [5.41, 5.74) is 5.27. The second-order valence-corrected chi connectivity index (χ2v) is 5.44. The van der Waals surface area contributed by atoms with E-state index in [4.69, 9.17) is 0 Å². The summed E-state index contributed by atoms with van der Waals surface area (Å²) in [5.74, 6) is 0. The van der Waals surface area contributed by atoms with Crippen molar-refractivity contribution in [2.24, 2.45) is 0 Å². The Hall–Kier alpha value is -1.15. The third-order valence-electron chi connectivity index (χ3n) is 2.98. The SMILES string of the molecule is Cc1cc(C)[n+](Cc2ccc(Br)cc2)c(C)c1. The first-order chi connectivity index (χ1) is 8.06. The molecule has 2 heteroatoms. The smallest absolute Gasteiger partial charge is 0.179 e. The molecule has 0 bridgehead atoms. The summed E-state index contributed by atoms with van der Waals surface area (Å²) in [7, 11) is 0. The first kappa shape index (κ1) is 12.3. The topological polar surface area (TPSA) is 3.88 Å². The van der Waals surface area contributed by atoms with E-state index in [-0.39, 0.29) is 0 Å². The van der Waals surface area contributed by atoms with Gasteiger partial charge in [-0.3, -0.25) is 0 Å². The van der Waals surface area contributed by atoms with E-state index in [2.05, 4.69) is 77.7 Å². The third kappa shape index (κ3) is 2.95. The lowest BCUT2D eigenvalue weighted by molar-refractivity contribution is -0.700. The van der Waals surface area contributed by atoms with Gasteiger partial charge in [0.1, 0.15) is 0 Å². The van der Waals surface area contributed by atoms with Crippen molar-refractivity contribution < 1.29 is 4.57 Å². The Kier molecular flexibility index (Phi) is 3.63. The van der Waals surface area contributed by atoms with Gasteiger partial charge >= 0.3 is 0 Å². The Labute approximate surface area is 111 Å². The van der Waals surface area contributed by atoms with E-state index in [1.807, 2.05) is 0 Å². The van der Waals surface area contributed by atoms with Crippen molar-refractivity contribution in [3.63, 3.8) is 0 Å². The molecule has 1 nitrogen and oxygen atoms in total. The van der Waals surface area contributed by atoms with Crippen molar-refractivity contribution >= 4 is 15.9 Å². The minimum Gasteiger partial charge on any atom is -0.196 e. The van der Waals surface area contributed by atoms with Gasteiger partial charge in [-0.05, 0) is 24.6 Å². The van der Waals surface area contributed by atoms with Gasteiger partial charge in [-0.1, -0.05) is 28.1 Å². The highest BCUT2D eigenvalue weighted by atomic mass is 79.9. The van der Waals surface area contributed by atoms with E-state index in [0.29, 0.717) is 0 Å². The van der Waals surface area contributed by atoms with Gasteiger partial charge in [0, 0.05) is 36.0 Å². The number of hydrogen-bond acceptors (Lipinski definition) is 0. The van der Waals surface area contributed by atoms with Crippen LogP contribution in [0.15, 0.2) is 40.9 Å². The molecule has 88 valence electrons. The molecule has 0 saturated carbocycles. The molecule has 17 heavy (non-hydrogen) atoms. The molecule has 0 fully saturated rings. The molecule has 1 heterocycles. The molecular weight excluding hydrogens is 274 g/mol. The Morgan fingerprint density at radius 2 is 1.47 bits per heavy atom. The van der Waals surface area contributed by atoms with Crippen LogP contribution in [0.5, 0.6) is 0 Å². The van der Waals surface area contributed by atoms with E-state index < -0.39 is 0 Å². The molecule has 0 atom stereocenters. The lowest BCUT2D eigenvalue weighted by Crippen LogP contribution is -2.40. The second-order valence-electron chi connectivity index (χ2n) is 4.53. The number of rotatable bonds is 2. The first-order valence-electron chi connectivity index (χ1n) is 5.78. The number of benzene rings is 1. The summed E-state index contributed by atoms with van der Waals surface area (Å²) >= 11 is 3.46. The largest absolute Gasteiger partial charge is 0.196 e. The van der Waals surface area contributed by atoms with Crippen molar-refractivity contribution in [3.05, 3.63) is 63.4 Å². The van der Waals surface area contributed by atoms with Crippen LogP contribution in [-0.2, 0) is 6.54 Å². The summed E-state index contributed by atoms with van der Waals surface area (Å²) < 4.78 is 3.47. The van der Waals surface area contributed by atoms with Crippen molar-refractivity contribution in [1.82, 2.24) is 0 Å². The van der Waals surface area contributed by atoms with Crippen LogP contribution >= 0.6 is 15.9 Å². The van der Waals surface area contributed by atoms with Gasteiger partial charge in [0.25, 0.3) is 0 Å². The molecule has 0 aliphatic rings. The lowest BCUT2D eigenvalue weighted by atomic mass is 10.1. The summed E-state index contributed by atoms with van der Waals surface area (Å²) in [5, 5.41) is 0. The van der Waals surface area contributed by atoms with Gasteiger partial charge in [0.15, 0.2) is 17.9 Å². The predicted octanol–water partition coefficient (Wildman–Crippen LogP) is 3.71. The second kappa shape index (κ2) is 5.01. The normalized spacial score (nSPS) is 10.6. The van der Waals surface area contributed by atoms with Crippen LogP contribution in [-0.4, -0.2) is 0 Å². The Morgan fingerprint density at radius 3 is 2.00 bits per heavy atom. The van der Waals surface area contributed by atoms with Gasteiger partial charge in [0.2, 0.25) is 0 Å². The number of aromatic nitrogens is 1. The molecule has 1 aromatic carbocycles. The number of aryl methyl sites for hydroxylation is 3. The molecule has 0 aliphatic carbocycles. The van der Waals surface area contributed by atoms with Crippen molar-refractivity contribution in [2.75, 3.05) is 0 Å². The van der Waals surface area contributed by atoms with E-state index in [1.54, 1.807) is 0 Å². The molecule has 1 aromatic heterocycles. The fraction of sp³-hybridized carbons (Fsp3) is 0.267. The molecule has 0 unspecified atom stereocenters. The maximum Gasteiger partial charge on any atom is 0.179 e. The predicted molar refractivity (Wildman–Crippen MR) is 74.1 cm³/mol. The van der Waals surface area contributed by atoms with E-state index in [0.717, 1.165) is 11.0 Å². The van der Waals surface area contributed by atoms with Crippen LogP contribution < -0.4 is 4.57 Å². The summed E-state index contributed by atoms with van der Waals surface area (Å²) in [6, 6.07) is 13.0. The Bertz CT molecular complexity index is 506. The van der Waals surface area contributed by atoms with Crippen molar-refractivity contribution in [2.45, 2.75) is 27.3 Å². The molecule has 0 radical (unpaired) electrons. The van der Waals surface area contributed by atoms with Crippen molar-refractivity contribution in [3.8, 4) is 0 Å². The average Bonchev–Trinajstić information content (AvgIpc) is 2.26. The Balaban J connectivity index is 2.33. The van der Waals surface area contributed by atoms with Crippen molar-refractivity contribution in [1.29, 1.82) is 0 Å². The van der Waals surface area contributed by atoms with E-state index in [9.17, 15) is 0 Å². The minimum atomic E-state index is 0.936. The molecule has 0 N–H and O–H groups in total. The van der Waals surface area contributed by atoms with Crippen LogP contribution in [0.1, 0.15) is 22.5 Å². The number of hydrogen-bond donors (Lipinski definition) is 0. The molecule has 0 aliphatic heterocycles. The molecule has 0 spiro atoms. The monoisotopic (exact) mass is 290 g/mol. The van der Waals surface area contributed by atoms with Gasteiger partial charge in [-0.2, -0.15) is 4.57 Å². The van der Waals surface area contributed by atoms with Crippen LogP contribution in [0.3, 0.4) is 0 Å². The lowest BCUT2D eigenvalue weighted by Gasteiger charge is -2.05. The van der Waals surface area contributed by atoms with Gasteiger partial charge in [-0.15, -0.1) is 0 Å². The van der Waals surface area contributed by atoms with Crippen LogP contribution in [0.25, 0.3) is 0 Å². The number of pyridine rings is 1. The molecule has 0 amide bonds.